The number of Topliss-reactive ketones (excluding diaryl/α,β-unsaturated/α-hetero) is 1. The van der Waals surface area contributed by atoms with E-state index < -0.39 is 37.0 Å². The van der Waals surface area contributed by atoms with Crippen molar-refractivity contribution in [2.45, 2.75) is 31.7 Å². The van der Waals surface area contributed by atoms with E-state index in [0.29, 0.717) is 12.8 Å². The maximum Gasteiger partial charge on any atom is 0.320 e. The molecule has 0 aliphatic heterocycles. The highest BCUT2D eigenvalue weighted by Gasteiger charge is 2.17. The second-order valence-corrected chi connectivity index (χ2v) is 4.66. The number of carbonyl (C=O) groups is 4. The summed E-state index contributed by atoms with van der Waals surface area (Å²) in [4.78, 5) is 44.2. The maximum absolute atomic E-state index is 11.6. The highest BCUT2D eigenvalue weighted by molar-refractivity contribution is 5.82. The van der Waals surface area contributed by atoms with Crippen LogP contribution in [0.4, 0.5) is 0 Å². The number of hydrogen-bond donors (Lipinski definition) is 4. The minimum Gasteiger partial charge on any atom is -0.480 e. The van der Waals surface area contributed by atoms with Gasteiger partial charge in [0.05, 0.1) is 19.6 Å². The number of ketones is 1. The summed E-state index contributed by atoms with van der Waals surface area (Å²) in [5.41, 5.74) is 5.30. The second-order valence-electron chi connectivity index (χ2n) is 4.66. The van der Waals surface area contributed by atoms with Gasteiger partial charge in [0.1, 0.15) is 11.8 Å². The van der Waals surface area contributed by atoms with E-state index in [1.54, 1.807) is 0 Å². The van der Waals surface area contributed by atoms with Crippen molar-refractivity contribution in [3.05, 3.63) is 0 Å². The number of carboxylic acids is 3. The minimum absolute atomic E-state index is 0.127. The molecule has 0 aliphatic rings. The Morgan fingerprint density at radius 3 is 1.86 bits per heavy atom. The molecule has 0 saturated heterocycles. The quantitative estimate of drug-likeness (QED) is 0.332. The molecule has 0 spiro atoms. The summed E-state index contributed by atoms with van der Waals surface area (Å²) < 4.78 is 0. The molecule has 0 unspecified atom stereocenters. The number of unbranched alkanes of at least 4 members (excludes halogenated alkanes) is 1. The fourth-order valence-electron chi connectivity index (χ4n) is 1.69. The molecule has 0 amide bonds. The Kier molecular flexibility index (Phi) is 8.90. The van der Waals surface area contributed by atoms with Crippen LogP contribution >= 0.6 is 0 Å². The number of aliphatic carboxylic acids is 3. The Balaban J connectivity index is 4.05. The zero-order valence-corrected chi connectivity index (χ0v) is 11.5. The lowest BCUT2D eigenvalue weighted by Gasteiger charge is -2.16. The molecule has 9 nitrogen and oxygen atoms in total. The summed E-state index contributed by atoms with van der Waals surface area (Å²) in [6, 6.07) is -0.962. The van der Waals surface area contributed by atoms with Crippen molar-refractivity contribution >= 4 is 23.7 Å². The van der Waals surface area contributed by atoms with E-state index in [-0.39, 0.29) is 25.2 Å². The number of hydrogen-bond acceptors (Lipinski definition) is 6. The second kappa shape index (κ2) is 9.83. The average Bonchev–Trinajstić information content (AvgIpc) is 2.32. The van der Waals surface area contributed by atoms with E-state index in [0.717, 1.165) is 4.90 Å². The molecule has 0 saturated carbocycles. The van der Waals surface area contributed by atoms with Crippen LogP contribution in [0.3, 0.4) is 0 Å². The minimum atomic E-state index is -1.21. The SMILES string of the molecule is N[C@@H](CCCCC(=O)CN(CC(=O)O)CC(=O)O)C(=O)O. The number of rotatable bonds is 12. The lowest BCUT2D eigenvalue weighted by molar-refractivity contribution is -0.142. The zero-order valence-electron chi connectivity index (χ0n) is 11.5. The first-order valence-corrected chi connectivity index (χ1v) is 6.38. The highest BCUT2D eigenvalue weighted by Crippen LogP contribution is 2.04. The third-order valence-electron chi connectivity index (χ3n) is 2.66. The average molecular weight is 304 g/mol. The van der Waals surface area contributed by atoms with E-state index in [1.807, 2.05) is 0 Å². The van der Waals surface area contributed by atoms with Gasteiger partial charge >= 0.3 is 17.9 Å². The molecule has 0 aromatic carbocycles. The van der Waals surface area contributed by atoms with Crippen LogP contribution in [-0.2, 0) is 19.2 Å². The molecule has 21 heavy (non-hydrogen) atoms. The van der Waals surface area contributed by atoms with E-state index in [9.17, 15) is 19.2 Å². The van der Waals surface area contributed by atoms with E-state index >= 15 is 0 Å². The van der Waals surface area contributed by atoms with Gasteiger partial charge in [-0.15, -0.1) is 0 Å². The van der Waals surface area contributed by atoms with Crippen molar-refractivity contribution < 1.29 is 34.5 Å². The lowest BCUT2D eigenvalue weighted by atomic mass is 10.1. The predicted molar refractivity (Wildman–Crippen MR) is 70.8 cm³/mol. The third-order valence-corrected chi connectivity index (χ3v) is 2.66. The lowest BCUT2D eigenvalue weighted by Crippen LogP contribution is -2.38. The first-order valence-electron chi connectivity index (χ1n) is 6.38. The van der Waals surface area contributed by atoms with Gasteiger partial charge in [0.2, 0.25) is 0 Å². The van der Waals surface area contributed by atoms with Crippen molar-refractivity contribution in [3.63, 3.8) is 0 Å². The molecule has 0 radical (unpaired) electrons. The Morgan fingerprint density at radius 1 is 0.905 bits per heavy atom. The van der Waals surface area contributed by atoms with Crippen LogP contribution in [0.25, 0.3) is 0 Å². The van der Waals surface area contributed by atoms with Crippen LogP contribution in [0.1, 0.15) is 25.7 Å². The molecular weight excluding hydrogens is 284 g/mol. The summed E-state index contributed by atoms with van der Waals surface area (Å²) in [5.74, 6) is -3.82. The van der Waals surface area contributed by atoms with Crippen molar-refractivity contribution in [2.24, 2.45) is 5.73 Å². The summed E-state index contributed by atoms with van der Waals surface area (Å²) >= 11 is 0. The van der Waals surface area contributed by atoms with Crippen LogP contribution in [0.2, 0.25) is 0 Å². The van der Waals surface area contributed by atoms with Crippen molar-refractivity contribution in [1.82, 2.24) is 4.90 Å². The summed E-state index contributed by atoms with van der Waals surface area (Å²) in [6.45, 7) is -1.31. The molecule has 120 valence electrons. The van der Waals surface area contributed by atoms with E-state index in [2.05, 4.69) is 0 Å². The summed E-state index contributed by atoms with van der Waals surface area (Å²) in [6.07, 6.45) is 1.25. The molecule has 9 heteroatoms. The van der Waals surface area contributed by atoms with Gasteiger partial charge in [-0.2, -0.15) is 0 Å². The van der Waals surface area contributed by atoms with Crippen LogP contribution in [0.5, 0.6) is 0 Å². The van der Waals surface area contributed by atoms with Gasteiger partial charge in [0, 0.05) is 6.42 Å². The molecule has 1 atom stereocenters. The van der Waals surface area contributed by atoms with Gasteiger partial charge in [-0.3, -0.25) is 24.1 Å². The Hall–Kier alpha value is -2.00. The van der Waals surface area contributed by atoms with Gasteiger partial charge in [0.25, 0.3) is 0 Å². The molecule has 0 rings (SSSR count). The molecule has 0 heterocycles. The topological polar surface area (TPSA) is 158 Å². The summed E-state index contributed by atoms with van der Waals surface area (Å²) in [7, 11) is 0. The fourth-order valence-corrected chi connectivity index (χ4v) is 1.69. The number of carbonyl (C=O) groups excluding carboxylic acids is 1. The number of carboxylic acid groups (broad SMARTS) is 3. The van der Waals surface area contributed by atoms with Crippen molar-refractivity contribution in [3.8, 4) is 0 Å². The normalized spacial score (nSPS) is 12.1. The molecule has 0 bridgehead atoms. The zero-order chi connectivity index (χ0) is 16.4. The molecular formula is C12H20N2O7. The number of nitrogens with two attached hydrogens (primary N) is 1. The van der Waals surface area contributed by atoms with Crippen LogP contribution in [-0.4, -0.2) is 69.6 Å². The molecule has 5 N–H and O–H groups in total. The smallest absolute Gasteiger partial charge is 0.320 e. The number of nitrogens with zero attached hydrogens (tertiary/aromatic N) is 1. The maximum atomic E-state index is 11.6. The predicted octanol–water partition coefficient (Wildman–Crippen LogP) is -1.00. The summed E-state index contributed by atoms with van der Waals surface area (Å²) in [5, 5.41) is 25.8. The van der Waals surface area contributed by atoms with Gasteiger partial charge in [0.15, 0.2) is 0 Å². The Morgan fingerprint density at radius 2 is 1.43 bits per heavy atom. The van der Waals surface area contributed by atoms with Gasteiger partial charge in [-0.1, -0.05) is 6.42 Å². The fraction of sp³-hybridized carbons (Fsp3) is 0.667. The van der Waals surface area contributed by atoms with Crippen LogP contribution in [0.15, 0.2) is 0 Å². The third kappa shape index (κ3) is 10.4. The van der Waals surface area contributed by atoms with Crippen LogP contribution < -0.4 is 5.73 Å². The van der Waals surface area contributed by atoms with Crippen LogP contribution in [0, 0.1) is 0 Å². The van der Waals surface area contributed by atoms with E-state index in [4.69, 9.17) is 21.1 Å². The van der Waals surface area contributed by atoms with Gasteiger partial charge in [-0.05, 0) is 12.8 Å². The van der Waals surface area contributed by atoms with Gasteiger partial charge in [-0.25, -0.2) is 0 Å². The van der Waals surface area contributed by atoms with E-state index in [1.165, 1.54) is 0 Å². The van der Waals surface area contributed by atoms with Gasteiger partial charge < -0.3 is 21.1 Å². The first-order chi connectivity index (χ1) is 9.72. The Labute approximate surface area is 121 Å². The highest BCUT2D eigenvalue weighted by atomic mass is 16.4. The monoisotopic (exact) mass is 304 g/mol. The molecule has 0 aliphatic carbocycles. The molecule has 0 aromatic rings. The first kappa shape index (κ1) is 19.0. The molecule has 0 aromatic heterocycles. The van der Waals surface area contributed by atoms with Crippen molar-refractivity contribution in [1.29, 1.82) is 0 Å². The largest absolute Gasteiger partial charge is 0.480 e. The molecule has 0 fully saturated rings. The Bertz CT molecular complexity index is 381. The van der Waals surface area contributed by atoms with Crippen molar-refractivity contribution in [2.75, 3.05) is 19.6 Å². The standard InChI is InChI=1S/C12H20N2O7/c13-9(12(20)21)4-2-1-3-8(15)5-14(6-10(16)17)7-11(18)19/h9H,1-7,13H2,(H,16,17)(H,18,19)(H,20,21)/t9-/m0/s1.